The molecule has 0 bridgehead atoms. The third kappa shape index (κ3) is 1.94. The molecule has 0 N–H and O–H groups in total. The second kappa shape index (κ2) is 4.31. The molecule has 0 amide bonds. The molecule has 3 nitrogen and oxygen atoms in total. The van der Waals surface area contributed by atoms with Crippen molar-refractivity contribution in [2.45, 2.75) is 0 Å². The Hall–Kier alpha value is -1.55. The standard InChI is InChI=1S/C11H11NO2S/c1-13-8-3-4-9(11(5-8)14-2)10-6-15-7-12-10/h3-7H,1-2H3. The number of rotatable bonds is 3. The van der Waals surface area contributed by atoms with Crippen molar-refractivity contribution in [3.8, 4) is 22.8 Å². The second-order valence-corrected chi connectivity index (χ2v) is 3.66. The van der Waals surface area contributed by atoms with E-state index in [9.17, 15) is 0 Å². The lowest BCUT2D eigenvalue weighted by atomic mass is 10.1. The maximum absolute atomic E-state index is 5.30. The van der Waals surface area contributed by atoms with Gasteiger partial charge in [0, 0.05) is 17.0 Å². The summed E-state index contributed by atoms with van der Waals surface area (Å²) < 4.78 is 10.4. The van der Waals surface area contributed by atoms with E-state index in [0.717, 1.165) is 22.8 Å². The largest absolute Gasteiger partial charge is 0.497 e. The number of hydrogen-bond acceptors (Lipinski definition) is 4. The molecule has 1 heterocycles. The van der Waals surface area contributed by atoms with Crippen LogP contribution < -0.4 is 9.47 Å². The Balaban J connectivity index is 2.48. The first-order chi connectivity index (χ1) is 7.35. The third-order valence-corrected chi connectivity index (χ3v) is 2.70. The minimum absolute atomic E-state index is 0.778. The van der Waals surface area contributed by atoms with Gasteiger partial charge in [0.1, 0.15) is 11.5 Å². The summed E-state index contributed by atoms with van der Waals surface area (Å²) in [6, 6.07) is 5.71. The van der Waals surface area contributed by atoms with Gasteiger partial charge in [0.05, 0.1) is 25.4 Å². The average molecular weight is 221 g/mol. The van der Waals surface area contributed by atoms with E-state index >= 15 is 0 Å². The molecule has 0 spiro atoms. The maximum Gasteiger partial charge on any atom is 0.131 e. The highest BCUT2D eigenvalue weighted by atomic mass is 32.1. The Labute approximate surface area is 92.3 Å². The Morgan fingerprint density at radius 2 is 2.07 bits per heavy atom. The predicted molar refractivity (Wildman–Crippen MR) is 60.7 cm³/mol. The molecule has 0 atom stereocenters. The fraction of sp³-hybridized carbons (Fsp3) is 0.182. The zero-order chi connectivity index (χ0) is 10.7. The van der Waals surface area contributed by atoms with E-state index in [4.69, 9.17) is 9.47 Å². The monoisotopic (exact) mass is 221 g/mol. The van der Waals surface area contributed by atoms with Gasteiger partial charge in [-0.1, -0.05) is 0 Å². The lowest BCUT2D eigenvalue weighted by Crippen LogP contribution is -1.90. The fourth-order valence-electron chi connectivity index (χ4n) is 1.36. The predicted octanol–water partition coefficient (Wildman–Crippen LogP) is 2.83. The average Bonchev–Trinajstić information content (AvgIpc) is 2.81. The van der Waals surface area contributed by atoms with Crippen LogP contribution in [0.5, 0.6) is 11.5 Å². The molecule has 15 heavy (non-hydrogen) atoms. The summed E-state index contributed by atoms with van der Waals surface area (Å²) in [5.74, 6) is 1.56. The Morgan fingerprint density at radius 3 is 2.67 bits per heavy atom. The smallest absolute Gasteiger partial charge is 0.131 e. The maximum atomic E-state index is 5.30. The van der Waals surface area contributed by atoms with Crippen LogP contribution in [-0.4, -0.2) is 19.2 Å². The normalized spacial score (nSPS) is 10.0. The number of ether oxygens (including phenoxy) is 2. The van der Waals surface area contributed by atoms with Crippen molar-refractivity contribution in [1.29, 1.82) is 0 Å². The summed E-state index contributed by atoms with van der Waals surface area (Å²) in [5, 5.41) is 1.99. The molecule has 0 unspecified atom stereocenters. The molecule has 2 aromatic rings. The van der Waals surface area contributed by atoms with Crippen molar-refractivity contribution in [3.05, 3.63) is 29.1 Å². The molecule has 2 rings (SSSR count). The van der Waals surface area contributed by atoms with Crippen LogP contribution >= 0.6 is 11.3 Å². The van der Waals surface area contributed by atoms with E-state index in [2.05, 4.69) is 4.98 Å². The van der Waals surface area contributed by atoms with Crippen LogP contribution in [-0.2, 0) is 0 Å². The van der Waals surface area contributed by atoms with E-state index in [0.29, 0.717) is 0 Å². The number of hydrogen-bond donors (Lipinski definition) is 0. The molecule has 0 aliphatic heterocycles. The number of nitrogens with zero attached hydrogens (tertiary/aromatic N) is 1. The fourth-order valence-corrected chi connectivity index (χ4v) is 1.91. The van der Waals surface area contributed by atoms with E-state index in [1.54, 1.807) is 31.1 Å². The lowest BCUT2D eigenvalue weighted by molar-refractivity contribution is 0.395. The summed E-state index contributed by atoms with van der Waals surface area (Å²) in [4.78, 5) is 4.25. The van der Waals surface area contributed by atoms with E-state index in [-0.39, 0.29) is 0 Å². The van der Waals surface area contributed by atoms with Gasteiger partial charge in [-0.3, -0.25) is 0 Å². The van der Waals surface area contributed by atoms with Crippen molar-refractivity contribution < 1.29 is 9.47 Å². The molecule has 0 aliphatic rings. The summed E-state index contributed by atoms with van der Waals surface area (Å²) in [6.45, 7) is 0. The topological polar surface area (TPSA) is 31.4 Å². The van der Waals surface area contributed by atoms with Gasteiger partial charge in [-0.25, -0.2) is 4.98 Å². The highest BCUT2D eigenvalue weighted by molar-refractivity contribution is 7.07. The van der Waals surface area contributed by atoms with Gasteiger partial charge in [0.15, 0.2) is 0 Å². The Kier molecular flexibility index (Phi) is 2.87. The molecule has 1 aromatic carbocycles. The molecular weight excluding hydrogens is 210 g/mol. The molecule has 0 fully saturated rings. The molecule has 4 heteroatoms. The first-order valence-corrected chi connectivity index (χ1v) is 5.40. The summed E-state index contributed by atoms with van der Waals surface area (Å²) in [6.07, 6.45) is 0. The van der Waals surface area contributed by atoms with Gasteiger partial charge >= 0.3 is 0 Å². The van der Waals surface area contributed by atoms with Crippen molar-refractivity contribution in [3.63, 3.8) is 0 Å². The van der Waals surface area contributed by atoms with Crippen LogP contribution in [0, 0.1) is 0 Å². The highest BCUT2D eigenvalue weighted by Gasteiger charge is 2.08. The number of methoxy groups -OCH3 is 2. The number of benzene rings is 1. The minimum atomic E-state index is 0.778. The summed E-state index contributed by atoms with van der Waals surface area (Å²) in [5.41, 5.74) is 3.72. The summed E-state index contributed by atoms with van der Waals surface area (Å²) in [7, 11) is 3.28. The van der Waals surface area contributed by atoms with Crippen LogP contribution in [0.3, 0.4) is 0 Å². The molecular formula is C11H11NO2S. The SMILES string of the molecule is COc1ccc(-c2cscn2)c(OC)c1. The van der Waals surface area contributed by atoms with E-state index < -0.39 is 0 Å². The molecule has 0 aliphatic carbocycles. The van der Waals surface area contributed by atoms with Crippen molar-refractivity contribution in [2.24, 2.45) is 0 Å². The quantitative estimate of drug-likeness (QED) is 0.798. The van der Waals surface area contributed by atoms with Gasteiger partial charge in [0.25, 0.3) is 0 Å². The number of thiazole rings is 1. The lowest BCUT2D eigenvalue weighted by Gasteiger charge is -2.08. The number of aromatic nitrogens is 1. The zero-order valence-corrected chi connectivity index (χ0v) is 9.38. The van der Waals surface area contributed by atoms with Crippen LogP contribution in [0.2, 0.25) is 0 Å². The van der Waals surface area contributed by atoms with Crippen LogP contribution in [0.1, 0.15) is 0 Å². The van der Waals surface area contributed by atoms with Gasteiger partial charge < -0.3 is 9.47 Å². The Morgan fingerprint density at radius 1 is 1.20 bits per heavy atom. The molecule has 78 valence electrons. The van der Waals surface area contributed by atoms with Crippen LogP contribution in [0.15, 0.2) is 29.1 Å². The van der Waals surface area contributed by atoms with Crippen molar-refractivity contribution in [1.82, 2.24) is 4.98 Å². The first-order valence-electron chi connectivity index (χ1n) is 4.45. The molecule has 0 saturated heterocycles. The second-order valence-electron chi connectivity index (χ2n) is 2.94. The van der Waals surface area contributed by atoms with Crippen LogP contribution in [0.4, 0.5) is 0 Å². The molecule has 0 radical (unpaired) electrons. The van der Waals surface area contributed by atoms with Crippen molar-refractivity contribution in [2.75, 3.05) is 14.2 Å². The Bertz CT molecular complexity index is 440. The van der Waals surface area contributed by atoms with Gasteiger partial charge in [-0.2, -0.15) is 0 Å². The first kappa shape index (κ1) is 9.98. The van der Waals surface area contributed by atoms with Gasteiger partial charge in [-0.15, -0.1) is 11.3 Å². The highest BCUT2D eigenvalue weighted by Crippen LogP contribution is 2.32. The molecule has 0 saturated carbocycles. The van der Waals surface area contributed by atoms with Crippen molar-refractivity contribution >= 4 is 11.3 Å². The van der Waals surface area contributed by atoms with Crippen LogP contribution in [0.25, 0.3) is 11.3 Å². The van der Waals surface area contributed by atoms with E-state index in [1.165, 1.54) is 0 Å². The van der Waals surface area contributed by atoms with Gasteiger partial charge in [0.2, 0.25) is 0 Å². The molecule has 1 aromatic heterocycles. The minimum Gasteiger partial charge on any atom is -0.497 e. The van der Waals surface area contributed by atoms with E-state index in [1.807, 2.05) is 23.6 Å². The third-order valence-electron chi connectivity index (χ3n) is 2.12. The summed E-state index contributed by atoms with van der Waals surface area (Å²) >= 11 is 1.57. The zero-order valence-electron chi connectivity index (χ0n) is 8.56. The van der Waals surface area contributed by atoms with Gasteiger partial charge in [-0.05, 0) is 12.1 Å².